The van der Waals surface area contributed by atoms with E-state index in [1.165, 1.54) is 12.8 Å². The molecule has 3 N–H and O–H groups in total. The summed E-state index contributed by atoms with van der Waals surface area (Å²) >= 11 is 0. The maximum Gasteiger partial charge on any atom is 0.00386 e. The summed E-state index contributed by atoms with van der Waals surface area (Å²) in [6.07, 6.45) is 3.62. The van der Waals surface area contributed by atoms with Gasteiger partial charge in [-0.05, 0) is 32.9 Å². The highest BCUT2D eigenvalue weighted by Gasteiger charge is 1.96. The van der Waals surface area contributed by atoms with E-state index in [0.717, 1.165) is 19.5 Å². The van der Waals surface area contributed by atoms with Crippen LogP contribution in [0.15, 0.2) is 0 Å². The maximum atomic E-state index is 5.35. The first kappa shape index (κ1) is 9.92. The molecule has 0 aliphatic rings. The molecule has 0 heterocycles. The molecule has 2 nitrogen and oxygen atoms in total. The molecule has 0 bridgehead atoms. The van der Waals surface area contributed by atoms with Crippen LogP contribution in [0.3, 0.4) is 0 Å². The monoisotopic (exact) mass is 144 g/mol. The second-order valence-corrected chi connectivity index (χ2v) is 2.79. The molecular weight excluding hydrogens is 124 g/mol. The first-order chi connectivity index (χ1) is 4.81. The minimum absolute atomic E-state index is 0.663. The van der Waals surface area contributed by atoms with Crippen molar-refractivity contribution < 1.29 is 0 Å². The minimum atomic E-state index is 0.663. The van der Waals surface area contributed by atoms with Crippen LogP contribution in [0.4, 0.5) is 0 Å². The van der Waals surface area contributed by atoms with Crippen molar-refractivity contribution in [2.24, 2.45) is 5.73 Å². The Bertz CT molecular complexity index is 64.3. The van der Waals surface area contributed by atoms with Crippen molar-refractivity contribution in [3.8, 4) is 0 Å². The van der Waals surface area contributed by atoms with E-state index >= 15 is 0 Å². The molecule has 62 valence electrons. The van der Waals surface area contributed by atoms with Gasteiger partial charge in [0.25, 0.3) is 0 Å². The average Bonchev–Trinajstić information content (AvgIpc) is 1.89. The van der Waals surface area contributed by atoms with E-state index in [1.54, 1.807) is 0 Å². The van der Waals surface area contributed by atoms with Crippen molar-refractivity contribution in [1.82, 2.24) is 5.32 Å². The molecule has 2 heteroatoms. The Balaban J connectivity index is 2.97. The van der Waals surface area contributed by atoms with E-state index in [2.05, 4.69) is 19.2 Å². The first-order valence-electron chi connectivity index (χ1n) is 4.24. The summed E-state index contributed by atoms with van der Waals surface area (Å²) in [5.74, 6) is 0. The van der Waals surface area contributed by atoms with Gasteiger partial charge < -0.3 is 11.1 Å². The highest BCUT2D eigenvalue weighted by molar-refractivity contribution is 4.58. The van der Waals surface area contributed by atoms with Crippen LogP contribution < -0.4 is 11.1 Å². The largest absolute Gasteiger partial charge is 0.330 e. The van der Waals surface area contributed by atoms with E-state index in [-0.39, 0.29) is 0 Å². The highest BCUT2D eigenvalue weighted by atomic mass is 14.9. The van der Waals surface area contributed by atoms with E-state index in [4.69, 9.17) is 5.73 Å². The van der Waals surface area contributed by atoms with Crippen molar-refractivity contribution in [1.29, 1.82) is 0 Å². The lowest BCUT2D eigenvalue weighted by molar-refractivity contribution is 0.503. The third kappa shape index (κ3) is 6.05. The molecular formula is C8H20N2. The van der Waals surface area contributed by atoms with Crippen molar-refractivity contribution in [3.63, 3.8) is 0 Å². The van der Waals surface area contributed by atoms with Gasteiger partial charge >= 0.3 is 0 Å². The normalized spacial score (nSPS) is 13.5. The van der Waals surface area contributed by atoms with E-state index in [9.17, 15) is 0 Å². The van der Waals surface area contributed by atoms with Crippen LogP contribution >= 0.6 is 0 Å². The number of rotatable bonds is 6. The van der Waals surface area contributed by atoms with Gasteiger partial charge in [0.1, 0.15) is 0 Å². The molecule has 0 saturated heterocycles. The molecule has 0 spiro atoms. The van der Waals surface area contributed by atoms with Gasteiger partial charge in [-0.15, -0.1) is 0 Å². The Morgan fingerprint density at radius 3 is 2.70 bits per heavy atom. The molecule has 10 heavy (non-hydrogen) atoms. The van der Waals surface area contributed by atoms with Crippen molar-refractivity contribution in [3.05, 3.63) is 0 Å². The summed E-state index contributed by atoms with van der Waals surface area (Å²) in [6, 6.07) is 0.663. The fraction of sp³-hybridized carbons (Fsp3) is 1.00. The summed E-state index contributed by atoms with van der Waals surface area (Å²) in [4.78, 5) is 0. The molecule has 0 saturated carbocycles. The Morgan fingerprint density at radius 1 is 1.50 bits per heavy atom. The minimum Gasteiger partial charge on any atom is -0.330 e. The van der Waals surface area contributed by atoms with Gasteiger partial charge in [-0.2, -0.15) is 0 Å². The Labute approximate surface area is 64.2 Å². The van der Waals surface area contributed by atoms with Crippen molar-refractivity contribution in [2.75, 3.05) is 13.1 Å². The van der Waals surface area contributed by atoms with Gasteiger partial charge in [0.2, 0.25) is 0 Å². The number of hydrogen-bond acceptors (Lipinski definition) is 2. The lowest BCUT2D eigenvalue weighted by Crippen LogP contribution is -2.27. The second-order valence-electron chi connectivity index (χ2n) is 2.79. The van der Waals surface area contributed by atoms with Gasteiger partial charge in [-0.25, -0.2) is 0 Å². The van der Waals surface area contributed by atoms with Crippen LogP contribution in [-0.4, -0.2) is 19.1 Å². The van der Waals surface area contributed by atoms with Gasteiger partial charge in [-0.1, -0.05) is 13.3 Å². The Kier molecular flexibility index (Phi) is 6.98. The third-order valence-electron chi connectivity index (χ3n) is 1.60. The fourth-order valence-corrected chi connectivity index (χ4v) is 0.986. The molecule has 1 atom stereocenters. The lowest BCUT2D eigenvalue weighted by atomic mass is 10.2. The Hall–Kier alpha value is -0.0800. The van der Waals surface area contributed by atoms with Gasteiger partial charge in [0, 0.05) is 6.04 Å². The predicted molar refractivity (Wildman–Crippen MR) is 46.0 cm³/mol. The summed E-state index contributed by atoms with van der Waals surface area (Å²) in [5.41, 5.74) is 5.35. The highest BCUT2D eigenvalue weighted by Crippen LogP contribution is 1.93. The van der Waals surface area contributed by atoms with Crippen LogP contribution in [0, 0.1) is 0 Å². The molecule has 1 unspecified atom stereocenters. The zero-order valence-electron chi connectivity index (χ0n) is 7.19. The third-order valence-corrected chi connectivity index (χ3v) is 1.60. The molecule has 0 rings (SSSR count). The zero-order valence-corrected chi connectivity index (χ0v) is 7.19. The van der Waals surface area contributed by atoms with E-state index in [1.807, 2.05) is 0 Å². The quantitative estimate of drug-likeness (QED) is 0.548. The molecule has 0 fully saturated rings. The fourth-order valence-electron chi connectivity index (χ4n) is 0.986. The van der Waals surface area contributed by atoms with Crippen molar-refractivity contribution in [2.45, 2.75) is 39.2 Å². The maximum absolute atomic E-state index is 5.35. The molecule has 0 aliphatic carbocycles. The number of nitrogens with two attached hydrogens (primary N) is 1. The summed E-state index contributed by atoms with van der Waals surface area (Å²) in [6.45, 7) is 6.30. The molecule has 0 amide bonds. The lowest BCUT2D eigenvalue weighted by Gasteiger charge is -2.11. The average molecular weight is 144 g/mol. The van der Waals surface area contributed by atoms with Gasteiger partial charge in [0.05, 0.1) is 0 Å². The summed E-state index contributed by atoms with van der Waals surface area (Å²) in [7, 11) is 0. The van der Waals surface area contributed by atoms with Crippen LogP contribution in [0.5, 0.6) is 0 Å². The van der Waals surface area contributed by atoms with E-state index < -0.39 is 0 Å². The standard InChI is InChI=1S/C8H20N2/c1-3-5-8(2)10-7-4-6-9/h8,10H,3-7,9H2,1-2H3. The van der Waals surface area contributed by atoms with Crippen LogP contribution in [0.2, 0.25) is 0 Å². The predicted octanol–water partition coefficient (Wildman–Crippen LogP) is 1.11. The van der Waals surface area contributed by atoms with Crippen molar-refractivity contribution >= 4 is 0 Å². The molecule has 0 aromatic rings. The summed E-state index contributed by atoms with van der Waals surface area (Å²) in [5, 5.41) is 3.40. The zero-order chi connectivity index (χ0) is 7.82. The first-order valence-corrected chi connectivity index (χ1v) is 4.24. The summed E-state index contributed by atoms with van der Waals surface area (Å²) < 4.78 is 0. The van der Waals surface area contributed by atoms with Gasteiger partial charge in [0.15, 0.2) is 0 Å². The van der Waals surface area contributed by atoms with Gasteiger partial charge in [-0.3, -0.25) is 0 Å². The molecule has 0 aliphatic heterocycles. The molecule has 0 aromatic carbocycles. The van der Waals surface area contributed by atoms with Crippen LogP contribution in [0.25, 0.3) is 0 Å². The smallest absolute Gasteiger partial charge is 0.00386 e. The topological polar surface area (TPSA) is 38.0 Å². The van der Waals surface area contributed by atoms with Crippen LogP contribution in [-0.2, 0) is 0 Å². The molecule has 0 aromatic heterocycles. The second kappa shape index (κ2) is 7.03. The number of hydrogen-bond donors (Lipinski definition) is 2. The molecule has 0 radical (unpaired) electrons. The number of nitrogens with one attached hydrogen (secondary N) is 1. The van der Waals surface area contributed by atoms with E-state index in [0.29, 0.717) is 6.04 Å². The van der Waals surface area contributed by atoms with Crippen LogP contribution in [0.1, 0.15) is 33.1 Å². The SMILES string of the molecule is CCCC(C)NCCCN. The Morgan fingerprint density at radius 2 is 2.20 bits per heavy atom.